The van der Waals surface area contributed by atoms with E-state index in [1.165, 1.54) is 12.0 Å². The number of aromatic nitrogens is 1. The fourth-order valence-electron chi connectivity index (χ4n) is 4.60. The molecule has 2 aliphatic heterocycles. The maximum atomic E-state index is 12.7. The van der Waals surface area contributed by atoms with E-state index in [4.69, 9.17) is 14.2 Å². The van der Waals surface area contributed by atoms with Gasteiger partial charge in [0, 0.05) is 30.3 Å². The van der Waals surface area contributed by atoms with Crippen molar-refractivity contribution in [2.45, 2.75) is 51.9 Å². The topological polar surface area (TPSA) is 49.7 Å². The number of nitrogens with zero attached hydrogens (tertiary/aromatic N) is 1. The predicted molar refractivity (Wildman–Crippen MR) is 124 cm³/mol. The molecule has 2 aromatic carbocycles. The smallest absolute Gasteiger partial charge is 0.197 e. The molecule has 0 radical (unpaired) electrons. The molecule has 3 heterocycles. The minimum Gasteiger partial charge on any atom is -0.489 e. The highest BCUT2D eigenvalue weighted by Crippen LogP contribution is 2.36. The summed E-state index contributed by atoms with van der Waals surface area (Å²) in [4.78, 5) is 12.7. The number of ether oxygens (including phenoxy) is 3. The summed E-state index contributed by atoms with van der Waals surface area (Å²) in [6, 6.07) is 18.0. The summed E-state index contributed by atoms with van der Waals surface area (Å²) in [5, 5.41) is 0. The van der Waals surface area contributed by atoms with Crippen LogP contribution < -0.4 is 14.9 Å². The molecule has 1 unspecified atom stereocenters. The zero-order chi connectivity index (χ0) is 21.9. The van der Waals surface area contributed by atoms with E-state index >= 15 is 0 Å². The lowest BCUT2D eigenvalue weighted by Gasteiger charge is -2.28. The van der Waals surface area contributed by atoms with Gasteiger partial charge in [0.2, 0.25) is 0 Å². The van der Waals surface area contributed by atoms with Crippen LogP contribution in [0.2, 0.25) is 0 Å². The highest BCUT2D eigenvalue weighted by atomic mass is 16.5. The SMILES string of the molecule is Cc1c2n(c(OCC3CCCCO3)cc1=O)CCc1cc(OCc3ccccc3)ccc1-2. The Labute approximate surface area is 188 Å². The highest BCUT2D eigenvalue weighted by molar-refractivity contribution is 5.70. The summed E-state index contributed by atoms with van der Waals surface area (Å²) in [6.45, 7) is 4.49. The molecular formula is C27H29NO4. The average molecular weight is 432 g/mol. The van der Waals surface area contributed by atoms with Crippen molar-refractivity contribution in [2.24, 2.45) is 0 Å². The van der Waals surface area contributed by atoms with Crippen LogP contribution in [0.25, 0.3) is 11.3 Å². The Kier molecular flexibility index (Phi) is 5.99. The third-order valence-corrected chi connectivity index (χ3v) is 6.39. The number of benzene rings is 2. The Morgan fingerprint density at radius 3 is 2.75 bits per heavy atom. The Morgan fingerprint density at radius 1 is 1.06 bits per heavy atom. The van der Waals surface area contributed by atoms with Crippen molar-refractivity contribution in [3.63, 3.8) is 0 Å². The first-order valence-corrected chi connectivity index (χ1v) is 11.5. The summed E-state index contributed by atoms with van der Waals surface area (Å²) in [5.74, 6) is 1.49. The molecule has 0 aliphatic carbocycles. The van der Waals surface area contributed by atoms with Crippen molar-refractivity contribution in [3.8, 4) is 22.9 Å². The van der Waals surface area contributed by atoms with Crippen LogP contribution in [-0.2, 0) is 24.3 Å². The molecule has 0 bridgehead atoms. The molecule has 5 heteroatoms. The molecule has 0 N–H and O–H groups in total. The maximum absolute atomic E-state index is 12.7. The molecule has 1 atom stereocenters. The van der Waals surface area contributed by atoms with Gasteiger partial charge in [0.25, 0.3) is 0 Å². The first kappa shape index (κ1) is 20.8. The first-order valence-electron chi connectivity index (χ1n) is 11.5. The Balaban J connectivity index is 1.39. The largest absolute Gasteiger partial charge is 0.489 e. The molecule has 166 valence electrons. The first-order chi connectivity index (χ1) is 15.7. The highest BCUT2D eigenvalue weighted by Gasteiger charge is 2.23. The van der Waals surface area contributed by atoms with Crippen LogP contribution in [-0.4, -0.2) is 23.9 Å². The quantitative estimate of drug-likeness (QED) is 0.557. The van der Waals surface area contributed by atoms with Crippen molar-refractivity contribution in [2.75, 3.05) is 13.2 Å². The minimum atomic E-state index is 0.00747. The normalized spacial score (nSPS) is 17.3. The predicted octanol–water partition coefficient (Wildman–Crippen LogP) is 4.91. The average Bonchev–Trinajstić information content (AvgIpc) is 2.84. The lowest BCUT2D eigenvalue weighted by molar-refractivity contribution is -0.0127. The fraction of sp³-hybridized carbons (Fsp3) is 0.370. The van der Waals surface area contributed by atoms with Gasteiger partial charge >= 0.3 is 0 Å². The molecule has 1 saturated heterocycles. The van der Waals surface area contributed by atoms with Gasteiger partial charge in [-0.1, -0.05) is 30.3 Å². The van der Waals surface area contributed by atoms with Crippen LogP contribution in [0.3, 0.4) is 0 Å². The molecule has 1 aromatic heterocycles. The second-order valence-corrected chi connectivity index (χ2v) is 8.61. The summed E-state index contributed by atoms with van der Waals surface area (Å²) in [6.07, 6.45) is 4.27. The third-order valence-electron chi connectivity index (χ3n) is 6.39. The van der Waals surface area contributed by atoms with E-state index in [-0.39, 0.29) is 11.5 Å². The summed E-state index contributed by atoms with van der Waals surface area (Å²) >= 11 is 0. The van der Waals surface area contributed by atoms with Gasteiger partial charge in [-0.15, -0.1) is 0 Å². The van der Waals surface area contributed by atoms with E-state index in [9.17, 15) is 4.79 Å². The second-order valence-electron chi connectivity index (χ2n) is 8.61. The van der Waals surface area contributed by atoms with Crippen LogP contribution >= 0.6 is 0 Å². The van der Waals surface area contributed by atoms with Gasteiger partial charge in [-0.3, -0.25) is 4.79 Å². The molecule has 0 amide bonds. The van der Waals surface area contributed by atoms with Gasteiger partial charge in [-0.05, 0) is 61.9 Å². The molecule has 5 rings (SSSR count). The van der Waals surface area contributed by atoms with Gasteiger partial charge in [0.05, 0.1) is 11.8 Å². The van der Waals surface area contributed by atoms with Gasteiger partial charge in [-0.25, -0.2) is 0 Å². The monoisotopic (exact) mass is 431 g/mol. The van der Waals surface area contributed by atoms with Gasteiger partial charge in [0.1, 0.15) is 19.0 Å². The second kappa shape index (κ2) is 9.21. The lowest BCUT2D eigenvalue weighted by Crippen LogP contribution is -2.28. The van der Waals surface area contributed by atoms with Gasteiger partial charge < -0.3 is 18.8 Å². The summed E-state index contributed by atoms with van der Waals surface area (Å²) in [5.41, 5.74) is 5.14. The van der Waals surface area contributed by atoms with E-state index in [1.54, 1.807) is 6.07 Å². The Bertz CT molecular complexity index is 1150. The van der Waals surface area contributed by atoms with Crippen LogP contribution in [0.1, 0.15) is 36.0 Å². The lowest BCUT2D eigenvalue weighted by atomic mass is 9.94. The number of hydrogen-bond acceptors (Lipinski definition) is 4. The number of hydrogen-bond donors (Lipinski definition) is 0. The van der Waals surface area contributed by atoms with Crippen molar-refractivity contribution in [1.29, 1.82) is 0 Å². The molecule has 0 saturated carbocycles. The number of fused-ring (bicyclic) bond motifs is 3. The zero-order valence-corrected chi connectivity index (χ0v) is 18.5. The van der Waals surface area contributed by atoms with Crippen LogP contribution in [0.4, 0.5) is 0 Å². The molecule has 3 aromatic rings. The molecule has 2 aliphatic rings. The number of aryl methyl sites for hydroxylation is 1. The Hall–Kier alpha value is -3.05. The van der Waals surface area contributed by atoms with Crippen LogP contribution in [0.15, 0.2) is 59.4 Å². The van der Waals surface area contributed by atoms with E-state index in [0.717, 1.165) is 60.5 Å². The molecular weight excluding hydrogens is 402 g/mol. The van der Waals surface area contributed by atoms with Gasteiger partial charge in [-0.2, -0.15) is 0 Å². The van der Waals surface area contributed by atoms with Crippen molar-refractivity contribution >= 4 is 0 Å². The van der Waals surface area contributed by atoms with Crippen LogP contribution in [0.5, 0.6) is 11.6 Å². The van der Waals surface area contributed by atoms with E-state index in [1.807, 2.05) is 31.2 Å². The fourth-order valence-corrected chi connectivity index (χ4v) is 4.60. The molecule has 1 fully saturated rings. The molecule has 32 heavy (non-hydrogen) atoms. The minimum absolute atomic E-state index is 0.00747. The van der Waals surface area contributed by atoms with Gasteiger partial charge in [0.15, 0.2) is 11.3 Å². The van der Waals surface area contributed by atoms with Crippen molar-refractivity contribution in [3.05, 3.63) is 81.5 Å². The van der Waals surface area contributed by atoms with E-state index < -0.39 is 0 Å². The maximum Gasteiger partial charge on any atom is 0.197 e. The Morgan fingerprint density at radius 2 is 1.94 bits per heavy atom. The van der Waals surface area contributed by atoms with E-state index in [2.05, 4.69) is 28.8 Å². The third kappa shape index (κ3) is 4.30. The van der Waals surface area contributed by atoms with Crippen molar-refractivity contribution < 1.29 is 14.2 Å². The van der Waals surface area contributed by atoms with Crippen molar-refractivity contribution in [1.82, 2.24) is 4.57 Å². The zero-order valence-electron chi connectivity index (χ0n) is 18.5. The molecule has 0 spiro atoms. The summed E-state index contributed by atoms with van der Waals surface area (Å²) in [7, 11) is 0. The van der Waals surface area contributed by atoms with Crippen LogP contribution in [0, 0.1) is 6.92 Å². The van der Waals surface area contributed by atoms with E-state index in [0.29, 0.717) is 19.1 Å². The number of pyridine rings is 1. The number of rotatable bonds is 6. The summed E-state index contributed by atoms with van der Waals surface area (Å²) < 4.78 is 20.1. The standard InChI is InChI=1S/C27H29NO4/c1-19-25(29)16-26(32-18-23-9-5-6-14-30-23)28-13-12-21-15-22(10-11-24(21)27(19)28)31-17-20-7-3-2-4-8-20/h2-4,7-8,10-11,15-16,23H,5-6,9,12-14,17-18H2,1H3. The molecule has 5 nitrogen and oxygen atoms in total.